The average Bonchev–Trinajstić information content (AvgIpc) is 2.58. The van der Waals surface area contributed by atoms with E-state index in [-0.39, 0.29) is 18.4 Å². The molecule has 0 aliphatic carbocycles. The summed E-state index contributed by atoms with van der Waals surface area (Å²) in [4.78, 5) is 23.7. The number of hydrogen-bond donors (Lipinski definition) is 2. The molecule has 2 aromatic carbocycles. The van der Waals surface area contributed by atoms with Crippen LogP contribution in [0.4, 0.5) is 0 Å². The van der Waals surface area contributed by atoms with Crippen LogP contribution < -0.4 is 10.6 Å². The molecule has 0 bridgehead atoms. The lowest BCUT2D eigenvalue weighted by Crippen LogP contribution is -2.23. The highest BCUT2D eigenvalue weighted by Crippen LogP contribution is 2.11. The van der Waals surface area contributed by atoms with E-state index in [0.717, 1.165) is 4.47 Å². The van der Waals surface area contributed by atoms with Crippen LogP contribution in [0.25, 0.3) is 0 Å². The Morgan fingerprint density at radius 3 is 2.61 bits per heavy atom. The fourth-order valence-electron chi connectivity index (χ4n) is 1.92. The number of carbonyl (C=O) groups is 2. The number of carbonyl (C=O) groups excluding carboxylic acids is 2. The molecule has 0 radical (unpaired) electrons. The molecule has 2 aromatic rings. The van der Waals surface area contributed by atoms with Crippen molar-refractivity contribution >= 4 is 27.7 Å². The van der Waals surface area contributed by atoms with Crippen LogP contribution in [0.1, 0.15) is 26.3 Å². The highest BCUT2D eigenvalue weighted by atomic mass is 79.9. The molecule has 2 N–H and O–H groups in total. The lowest BCUT2D eigenvalue weighted by Gasteiger charge is -2.03. The van der Waals surface area contributed by atoms with Crippen LogP contribution in [-0.2, 0) is 0 Å². The van der Waals surface area contributed by atoms with Crippen LogP contribution in [-0.4, -0.2) is 25.4 Å². The lowest BCUT2D eigenvalue weighted by molar-refractivity contribution is 0.0952. The Kier molecular flexibility index (Phi) is 5.95. The second-order valence-corrected chi connectivity index (χ2v) is 5.54. The molecule has 0 aliphatic heterocycles. The van der Waals surface area contributed by atoms with Crippen molar-refractivity contribution in [1.29, 1.82) is 0 Å². The van der Waals surface area contributed by atoms with Crippen molar-refractivity contribution < 1.29 is 9.59 Å². The van der Waals surface area contributed by atoms with Gasteiger partial charge in [-0.25, -0.2) is 0 Å². The smallest absolute Gasteiger partial charge is 0.252 e. The van der Waals surface area contributed by atoms with Crippen LogP contribution in [0.3, 0.4) is 0 Å². The zero-order chi connectivity index (χ0) is 16.7. The summed E-state index contributed by atoms with van der Waals surface area (Å²) < 4.78 is 0.843. The van der Waals surface area contributed by atoms with Gasteiger partial charge in [-0.15, -0.1) is 0 Å². The predicted octanol–water partition coefficient (Wildman–Crippen LogP) is 2.59. The van der Waals surface area contributed by atoms with E-state index >= 15 is 0 Å². The van der Waals surface area contributed by atoms with Gasteiger partial charge in [0.25, 0.3) is 11.8 Å². The maximum atomic E-state index is 12.0. The standard InChI is InChI=1S/C18H15BrN2O2/c1-20-18(23)16-10-3-2-6-13(16)8-5-11-21-17(22)14-7-4-9-15(19)12-14/h2-4,6-7,9-10,12H,11H2,1H3,(H,20,23)(H,21,22). The van der Waals surface area contributed by atoms with Crippen molar-refractivity contribution in [3.63, 3.8) is 0 Å². The molecule has 0 aliphatic rings. The first-order valence-electron chi connectivity index (χ1n) is 6.95. The van der Waals surface area contributed by atoms with E-state index in [1.165, 1.54) is 0 Å². The van der Waals surface area contributed by atoms with Crippen LogP contribution in [0.15, 0.2) is 53.0 Å². The van der Waals surface area contributed by atoms with Gasteiger partial charge in [0.1, 0.15) is 0 Å². The summed E-state index contributed by atoms with van der Waals surface area (Å²) in [6.07, 6.45) is 0. The molecule has 23 heavy (non-hydrogen) atoms. The van der Waals surface area contributed by atoms with Gasteiger partial charge in [-0.2, -0.15) is 0 Å². The summed E-state index contributed by atoms with van der Waals surface area (Å²) in [5.41, 5.74) is 1.70. The number of benzene rings is 2. The lowest BCUT2D eigenvalue weighted by atomic mass is 10.1. The van der Waals surface area contributed by atoms with Crippen molar-refractivity contribution in [3.05, 3.63) is 69.7 Å². The third-order valence-corrected chi connectivity index (χ3v) is 3.54. The van der Waals surface area contributed by atoms with Crippen molar-refractivity contribution in [2.24, 2.45) is 0 Å². The third kappa shape index (κ3) is 4.70. The van der Waals surface area contributed by atoms with Crippen molar-refractivity contribution in [3.8, 4) is 11.8 Å². The Balaban J connectivity index is 2.02. The van der Waals surface area contributed by atoms with Gasteiger partial charge < -0.3 is 10.6 Å². The number of nitrogens with one attached hydrogen (secondary N) is 2. The van der Waals surface area contributed by atoms with E-state index in [4.69, 9.17) is 0 Å². The molecule has 0 unspecified atom stereocenters. The fraction of sp³-hybridized carbons (Fsp3) is 0.111. The molecule has 0 spiro atoms. The highest BCUT2D eigenvalue weighted by Gasteiger charge is 2.07. The fourth-order valence-corrected chi connectivity index (χ4v) is 2.32. The molecular weight excluding hydrogens is 356 g/mol. The molecule has 2 rings (SSSR count). The molecule has 0 fully saturated rings. The van der Waals surface area contributed by atoms with Crippen LogP contribution in [0, 0.1) is 11.8 Å². The first-order valence-corrected chi connectivity index (χ1v) is 7.75. The van der Waals surface area contributed by atoms with Crippen molar-refractivity contribution in [2.75, 3.05) is 13.6 Å². The van der Waals surface area contributed by atoms with Crippen LogP contribution >= 0.6 is 15.9 Å². The molecular formula is C18H15BrN2O2. The number of hydrogen-bond acceptors (Lipinski definition) is 2. The first kappa shape index (κ1) is 16.8. The minimum Gasteiger partial charge on any atom is -0.355 e. The van der Waals surface area contributed by atoms with E-state index in [2.05, 4.69) is 38.4 Å². The number of halogens is 1. The third-order valence-electron chi connectivity index (χ3n) is 3.05. The Bertz CT molecular complexity index is 791. The van der Waals surface area contributed by atoms with Crippen LogP contribution in [0.2, 0.25) is 0 Å². The summed E-state index contributed by atoms with van der Waals surface area (Å²) in [6, 6.07) is 14.2. The maximum absolute atomic E-state index is 12.0. The van der Waals surface area contributed by atoms with Gasteiger partial charge in [-0.05, 0) is 30.3 Å². The van der Waals surface area contributed by atoms with E-state index in [0.29, 0.717) is 16.7 Å². The van der Waals surface area contributed by atoms with Gasteiger partial charge in [-0.3, -0.25) is 9.59 Å². The van der Waals surface area contributed by atoms with Crippen molar-refractivity contribution in [1.82, 2.24) is 10.6 Å². The Labute approximate surface area is 143 Å². The Morgan fingerprint density at radius 2 is 1.87 bits per heavy atom. The largest absolute Gasteiger partial charge is 0.355 e. The Hall–Kier alpha value is -2.58. The number of rotatable bonds is 3. The number of amides is 2. The molecule has 0 saturated heterocycles. The predicted molar refractivity (Wildman–Crippen MR) is 93.2 cm³/mol. The molecule has 2 amide bonds. The first-order chi connectivity index (χ1) is 11.1. The molecule has 5 heteroatoms. The van der Waals surface area contributed by atoms with Gasteiger partial charge in [0.05, 0.1) is 12.1 Å². The summed E-state index contributed by atoms with van der Waals surface area (Å²) in [7, 11) is 1.57. The zero-order valence-corrected chi connectivity index (χ0v) is 14.1. The normalized spacial score (nSPS) is 9.48. The minimum atomic E-state index is -0.194. The molecule has 116 valence electrons. The van der Waals surface area contributed by atoms with Gasteiger partial charge in [0, 0.05) is 22.6 Å². The van der Waals surface area contributed by atoms with Gasteiger partial charge in [0.2, 0.25) is 0 Å². The second-order valence-electron chi connectivity index (χ2n) is 4.62. The van der Waals surface area contributed by atoms with Crippen molar-refractivity contribution in [2.45, 2.75) is 0 Å². The maximum Gasteiger partial charge on any atom is 0.252 e. The topological polar surface area (TPSA) is 58.2 Å². The molecule has 0 atom stereocenters. The molecule has 4 nitrogen and oxygen atoms in total. The van der Waals surface area contributed by atoms with Crippen LogP contribution in [0.5, 0.6) is 0 Å². The SMILES string of the molecule is CNC(=O)c1ccccc1C#CCNC(=O)c1cccc(Br)c1. The van der Waals surface area contributed by atoms with Gasteiger partial charge in [0.15, 0.2) is 0 Å². The summed E-state index contributed by atoms with van der Waals surface area (Å²) in [5, 5.41) is 5.30. The van der Waals surface area contributed by atoms with E-state index in [9.17, 15) is 9.59 Å². The monoisotopic (exact) mass is 370 g/mol. The van der Waals surface area contributed by atoms with E-state index in [1.807, 2.05) is 12.1 Å². The van der Waals surface area contributed by atoms with Gasteiger partial charge in [-0.1, -0.05) is 46.0 Å². The van der Waals surface area contributed by atoms with E-state index in [1.54, 1.807) is 43.4 Å². The van der Waals surface area contributed by atoms with E-state index < -0.39 is 0 Å². The summed E-state index contributed by atoms with van der Waals surface area (Å²) in [5.74, 6) is 5.39. The molecule has 0 heterocycles. The zero-order valence-electron chi connectivity index (χ0n) is 12.5. The Morgan fingerprint density at radius 1 is 1.09 bits per heavy atom. The molecule has 0 aromatic heterocycles. The average molecular weight is 371 g/mol. The summed E-state index contributed by atoms with van der Waals surface area (Å²) >= 11 is 3.33. The summed E-state index contributed by atoms with van der Waals surface area (Å²) in [6.45, 7) is 0.202. The second kappa shape index (κ2) is 8.16. The highest BCUT2D eigenvalue weighted by molar-refractivity contribution is 9.10. The molecule has 0 saturated carbocycles. The van der Waals surface area contributed by atoms with Gasteiger partial charge >= 0.3 is 0 Å². The quantitative estimate of drug-likeness (QED) is 0.815. The minimum absolute atomic E-state index is 0.187.